The summed E-state index contributed by atoms with van der Waals surface area (Å²) in [7, 11) is 0. The zero-order chi connectivity index (χ0) is 12.3. The average Bonchev–Trinajstić information content (AvgIpc) is 2.57. The number of nitrogen functional groups attached to an aromatic ring is 1. The molecule has 17 heavy (non-hydrogen) atoms. The van der Waals surface area contributed by atoms with Gasteiger partial charge in [-0.3, -0.25) is 0 Å². The van der Waals surface area contributed by atoms with Gasteiger partial charge in [-0.1, -0.05) is 6.92 Å². The van der Waals surface area contributed by atoms with E-state index in [9.17, 15) is 0 Å². The van der Waals surface area contributed by atoms with Crippen LogP contribution in [0, 0.1) is 0 Å². The molecule has 1 aliphatic rings. The van der Waals surface area contributed by atoms with Crippen LogP contribution in [0.1, 0.15) is 19.8 Å². The normalized spacial score (nSPS) is 21.3. The Morgan fingerprint density at radius 3 is 3.24 bits per heavy atom. The van der Waals surface area contributed by atoms with Crippen molar-refractivity contribution >= 4 is 23.1 Å². The van der Waals surface area contributed by atoms with Gasteiger partial charge in [0.25, 0.3) is 0 Å². The molecule has 2 rings (SSSR count). The Balaban J connectivity index is 2.21. The van der Waals surface area contributed by atoms with E-state index in [2.05, 4.69) is 21.8 Å². The molecule has 94 valence electrons. The fourth-order valence-corrected chi connectivity index (χ4v) is 2.08. The molecule has 0 aromatic carbocycles. The van der Waals surface area contributed by atoms with Crippen LogP contribution in [0.25, 0.3) is 0 Å². The smallest absolute Gasteiger partial charge is 0.224 e. The molecule has 0 saturated carbocycles. The van der Waals surface area contributed by atoms with Gasteiger partial charge in [0.15, 0.2) is 5.82 Å². The number of rotatable bonds is 2. The van der Waals surface area contributed by atoms with E-state index in [1.807, 2.05) is 0 Å². The largest absolute Gasteiger partial charge is 0.394 e. The Morgan fingerprint density at radius 2 is 2.47 bits per heavy atom. The van der Waals surface area contributed by atoms with Crippen molar-refractivity contribution in [1.29, 1.82) is 0 Å². The molecule has 1 aromatic rings. The van der Waals surface area contributed by atoms with Crippen LogP contribution in [0.4, 0.5) is 11.5 Å². The summed E-state index contributed by atoms with van der Waals surface area (Å²) < 4.78 is 5.72. The molecule has 6 heteroatoms. The van der Waals surface area contributed by atoms with Gasteiger partial charge >= 0.3 is 0 Å². The van der Waals surface area contributed by atoms with Crippen molar-refractivity contribution < 1.29 is 4.74 Å². The lowest BCUT2D eigenvalue weighted by Crippen LogP contribution is -2.32. The summed E-state index contributed by atoms with van der Waals surface area (Å²) in [5.74, 6) is 0.717. The second-order valence-corrected chi connectivity index (χ2v) is 4.46. The highest BCUT2D eigenvalue weighted by Crippen LogP contribution is 2.23. The SMILES string of the molecule is CCC1CN(c2nc(Cl)ncc2N)CCCO1. The maximum atomic E-state index is 5.89. The zero-order valence-electron chi connectivity index (χ0n) is 9.90. The van der Waals surface area contributed by atoms with Crippen molar-refractivity contribution in [1.82, 2.24) is 9.97 Å². The van der Waals surface area contributed by atoms with E-state index in [1.54, 1.807) is 6.20 Å². The van der Waals surface area contributed by atoms with Crippen molar-refractivity contribution in [2.45, 2.75) is 25.9 Å². The fraction of sp³-hybridized carbons (Fsp3) is 0.636. The summed E-state index contributed by atoms with van der Waals surface area (Å²) in [6.07, 6.45) is 3.73. The molecular formula is C11H17ClN4O. The summed E-state index contributed by atoms with van der Waals surface area (Å²) >= 11 is 5.81. The first-order valence-corrected chi connectivity index (χ1v) is 6.23. The maximum Gasteiger partial charge on any atom is 0.224 e. The van der Waals surface area contributed by atoms with Gasteiger partial charge in [0.2, 0.25) is 5.28 Å². The van der Waals surface area contributed by atoms with Crippen molar-refractivity contribution in [3.63, 3.8) is 0 Å². The number of aromatic nitrogens is 2. The Labute approximate surface area is 106 Å². The van der Waals surface area contributed by atoms with E-state index in [4.69, 9.17) is 22.1 Å². The van der Waals surface area contributed by atoms with Gasteiger partial charge in [-0.2, -0.15) is 4.98 Å². The Kier molecular flexibility index (Phi) is 4.02. The second-order valence-electron chi connectivity index (χ2n) is 4.12. The van der Waals surface area contributed by atoms with Crippen LogP contribution in [-0.2, 0) is 4.74 Å². The molecule has 1 aromatic heterocycles. The first-order valence-electron chi connectivity index (χ1n) is 5.85. The van der Waals surface area contributed by atoms with Gasteiger partial charge < -0.3 is 15.4 Å². The zero-order valence-corrected chi connectivity index (χ0v) is 10.7. The highest BCUT2D eigenvalue weighted by Gasteiger charge is 2.20. The van der Waals surface area contributed by atoms with E-state index in [0.717, 1.165) is 32.5 Å². The Bertz CT molecular complexity index is 388. The van der Waals surface area contributed by atoms with Gasteiger partial charge in [0.1, 0.15) is 0 Å². The van der Waals surface area contributed by atoms with Crippen LogP contribution in [0.5, 0.6) is 0 Å². The Morgan fingerprint density at radius 1 is 1.65 bits per heavy atom. The van der Waals surface area contributed by atoms with Crippen molar-refractivity contribution in [3.8, 4) is 0 Å². The molecule has 0 radical (unpaired) electrons. The average molecular weight is 257 g/mol. The van der Waals surface area contributed by atoms with Gasteiger partial charge in [-0.05, 0) is 24.4 Å². The quantitative estimate of drug-likeness (QED) is 0.817. The van der Waals surface area contributed by atoms with Crippen LogP contribution in [0.15, 0.2) is 6.20 Å². The molecular weight excluding hydrogens is 240 g/mol. The minimum absolute atomic E-state index is 0.227. The monoisotopic (exact) mass is 256 g/mol. The van der Waals surface area contributed by atoms with Crippen LogP contribution in [0.3, 0.4) is 0 Å². The summed E-state index contributed by atoms with van der Waals surface area (Å²) in [5, 5.41) is 0.229. The second kappa shape index (κ2) is 5.51. The summed E-state index contributed by atoms with van der Waals surface area (Å²) in [6.45, 7) is 4.58. The van der Waals surface area contributed by atoms with E-state index < -0.39 is 0 Å². The van der Waals surface area contributed by atoms with Crippen molar-refractivity contribution in [2.24, 2.45) is 0 Å². The molecule has 1 saturated heterocycles. The van der Waals surface area contributed by atoms with Gasteiger partial charge in [0, 0.05) is 19.7 Å². The summed E-state index contributed by atoms with van der Waals surface area (Å²) in [5.41, 5.74) is 6.45. The lowest BCUT2D eigenvalue weighted by atomic mass is 10.2. The summed E-state index contributed by atoms with van der Waals surface area (Å²) in [4.78, 5) is 10.2. The highest BCUT2D eigenvalue weighted by atomic mass is 35.5. The van der Waals surface area contributed by atoms with Gasteiger partial charge in [-0.25, -0.2) is 4.98 Å². The predicted molar refractivity (Wildman–Crippen MR) is 68.3 cm³/mol. The van der Waals surface area contributed by atoms with Gasteiger partial charge in [0.05, 0.1) is 18.0 Å². The molecule has 1 atom stereocenters. The molecule has 0 spiro atoms. The van der Waals surface area contributed by atoms with Crippen LogP contribution in [0.2, 0.25) is 5.28 Å². The van der Waals surface area contributed by atoms with E-state index >= 15 is 0 Å². The molecule has 1 aliphatic heterocycles. The third-order valence-electron chi connectivity index (χ3n) is 2.87. The third kappa shape index (κ3) is 2.98. The van der Waals surface area contributed by atoms with E-state index in [1.165, 1.54) is 0 Å². The van der Waals surface area contributed by atoms with Gasteiger partial charge in [-0.15, -0.1) is 0 Å². The van der Waals surface area contributed by atoms with Crippen molar-refractivity contribution in [2.75, 3.05) is 30.3 Å². The molecule has 1 unspecified atom stereocenters. The molecule has 0 bridgehead atoms. The van der Waals surface area contributed by atoms with Crippen LogP contribution >= 0.6 is 11.6 Å². The van der Waals surface area contributed by atoms with E-state index in [0.29, 0.717) is 11.5 Å². The fourth-order valence-electron chi connectivity index (χ4n) is 1.95. The number of nitrogens with zero attached hydrogens (tertiary/aromatic N) is 3. The minimum atomic E-state index is 0.227. The lowest BCUT2D eigenvalue weighted by molar-refractivity contribution is 0.0664. The number of hydrogen-bond donors (Lipinski definition) is 1. The first-order chi connectivity index (χ1) is 8.20. The summed E-state index contributed by atoms with van der Waals surface area (Å²) in [6, 6.07) is 0. The first kappa shape index (κ1) is 12.4. The predicted octanol–water partition coefficient (Wildman–Crippen LogP) is 1.72. The number of ether oxygens (including phenoxy) is 1. The number of nitrogens with two attached hydrogens (primary N) is 1. The number of halogens is 1. The molecule has 5 nitrogen and oxygen atoms in total. The highest BCUT2D eigenvalue weighted by molar-refractivity contribution is 6.28. The minimum Gasteiger partial charge on any atom is -0.394 e. The van der Waals surface area contributed by atoms with Crippen LogP contribution < -0.4 is 10.6 Å². The number of anilines is 2. The maximum absolute atomic E-state index is 5.89. The van der Waals surface area contributed by atoms with E-state index in [-0.39, 0.29) is 11.4 Å². The van der Waals surface area contributed by atoms with Crippen LogP contribution in [-0.4, -0.2) is 35.8 Å². The number of hydrogen-bond acceptors (Lipinski definition) is 5. The van der Waals surface area contributed by atoms with Crippen molar-refractivity contribution in [3.05, 3.63) is 11.5 Å². The molecule has 0 aliphatic carbocycles. The Hall–Kier alpha value is -1.07. The molecule has 2 heterocycles. The lowest BCUT2D eigenvalue weighted by Gasteiger charge is -2.25. The molecule has 1 fully saturated rings. The standard InChI is InChI=1S/C11H17ClN4O/c1-2-8-7-16(4-3-5-17-8)10-9(13)6-14-11(12)15-10/h6,8H,2-5,7,13H2,1H3. The molecule has 0 amide bonds. The third-order valence-corrected chi connectivity index (χ3v) is 3.05. The topological polar surface area (TPSA) is 64.3 Å². The molecule has 2 N–H and O–H groups in total.